The number of aromatic amines is 2. The van der Waals surface area contributed by atoms with Crippen molar-refractivity contribution in [1.29, 1.82) is 0 Å². The molecule has 8 heterocycles. The monoisotopic (exact) mass is 1440 g/mol. The van der Waals surface area contributed by atoms with Crippen LogP contribution >= 0.6 is 34.3 Å². The SMILES string of the molecule is C[C@H](O)CN.C[C@H]1C[n+]2c([nH]c3cncnc32)COP(O)(=S)O[C@@H]2[C@H](F)[C@@H](COP(=O)(S)O1)O[C@H]2n1cnc2c(=O)[nH]c(N)nc21.[C-]#[N+]CCOP(O[C@@H](C)Cn1c(COC(c2ccccc2)(c2ccc(OC)cc2)c2ccc(OC)cc2)nc2cncnc21)N(C(C)C)C(C)C. The fourth-order valence-corrected chi connectivity index (χ4v) is 15.4. The van der Waals surface area contributed by atoms with E-state index in [-0.39, 0.29) is 67.7 Å². The molecule has 8 N–H and O–H groups in total. The normalized spacial score (nSPS) is 21.8. The molecule has 0 amide bonds. The van der Waals surface area contributed by atoms with E-state index in [4.69, 9.17) is 86.0 Å². The van der Waals surface area contributed by atoms with Crippen LogP contribution in [0.4, 0.5) is 10.3 Å². The summed E-state index contributed by atoms with van der Waals surface area (Å²) < 4.78 is 95.3. The Morgan fingerprint density at radius 1 is 0.928 bits per heavy atom. The average molecular weight is 1440 g/mol. The van der Waals surface area contributed by atoms with Crippen molar-refractivity contribution in [3.63, 3.8) is 0 Å². The van der Waals surface area contributed by atoms with Gasteiger partial charge in [-0.15, -0.1) is 0 Å². The van der Waals surface area contributed by atoms with Crippen molar-refractivity contribution in [1.82, 2.24) is 58.7 Å². The maximum atomic E-state index is 15.9. The number of aliphatic hydroxyl groups is 1. The van der Waals surface area contributed by atoms with Gasteiger partial charge >= 0.3 is 19.2 Å². The van der Waals surface area contributed by atoms with Gasteiger partial charge in [0.15, 0.2) is 41.1 Å². The third-order valence-electron chi connectivity index (χ3n) is 15.1. The van der Waals surface area contributed by atoms with E-state index >= 15 is 4.39 Å². The Bertz CT molecular complexity index is 4210. The lowest BCUT2D eigenvalue weighted by molar-refractivity contribution is -0.687. The van der Waals surface area contributed by atoms with Gasteiger partial charge in [-0.1, -0.05) is 71.8 Å². The van der Waals surface area contributed by atoms with Crippen LogP contribution in [0.2, 0.25) is 0 Å². The molecule has 9 aromatic rings. The summed E-state index contributed by atoms with van der Waals surface area (Å²) >= 11 is 9.28. The van der Waals surface area contributed by atoms with E-state index in [1.807, 2.05) is 78.2 Å². The fourth-order valence-electron chi connectivity index (χ4n) is 10.8. The molecule has 2 bridgehead atoms. The number of nitrogens with one attached hydrogen (secondary N) is 2. The first-order valence-corrected chi connectivity index (χ1v) is 37.1. The second-order valence-electron chi connectivity index (χ2n) is 22.9. The predicted molar refractivity (Wildman–Crippen MR) is 365 cm³/mol. The van der Waals surface area contributed by atoms with Gasteiger partial charge in [-0.2, -0.15) is 4.98 Å². The number of benzene rings is 3. The van der Waals surface area contributed by atoms with Crippen LogP contribution < -0.4 is 31.1 Å². The molecule has 36 heteroatoms. The molecule has 2 aliphatic rings. The maximum Gasteiger partial charge on any atom is 0.386 e. The number of aromatic nitrogens is 12. The number of thiol groups is 1. The van der Waals surface area contributed by atoms with E-state index in [1.165, 1.54) is 29.7 Å². The topological polar surface area (TPSA) is 362 Å². The number of methoxy groups -OCH3 is 2. The molecule has 97 heavy (non-hydrogen) atoms. The number of ether oxygens (including phenoxy) is 4. The molecule has 0 radical (unpaired) electrons. The van der Waals surface area contributed by atoms with Crippen LogP contribution in [-0.4, -0.2) is 158 Å². The van der Waals surface area contributed by atoms with Crippen molar-refractivity contribution in [2.75, 3.05) is 46.3 Å². The van der Waals surface area contributed by atoms with E-state index in [1.54, 1.807) is 38.8 Å². The highest BCUT2D eigenvalue weighted by molar-refractivity contribution is 8.44. The molecule has 3 aromatic carbocycles. The number of H-pyrrole nitrogens is 2. The zero-order chi connectivity index (χ0) is 69.8. The highest BCUT2D eigenvalue weighted by Crippen LogP contribution is 2.56. The molecular formula is C61H79FN16O14P3S2+. The standard InChI is InChI=1S/C39H47N6O5P.C19H22FN9O8P2S2.C3H9NO/c1-28(2)45(29(3)4)51(49-23-22-40-6)50-30(5)25-44-37(43-36-24-41-27-42-38(36)44)26-48-39(31-12-10-9-11-13-31,32-14-18-34(46-7)19-15-32)33-16-20-35(47-8)21-17-33;1-8-3-28-11(25-9-2-22-6-23-15(9)28)5-34-39(32,41)37-14-12(20)10(4-33-38(31,40)36-8)35-18(14)29-7-24-13-16(29)26-19(21)27-17(13)30;1-3(5)2-4/h9-21,24,27-30H,22-23,25-26H2,1-5,7-8H3;2,6-8,10,12,14,18H,3-5H2,1H3,(H5,21,26,27,30,31,32,40,41);3,5H,2,4H2,1H3/p+1/t30-,51?;8-,10+,12+,14+,18+,38?,39?;3-/m000/s1. The molecule has 6 aromatic heterocycles. The molecular weight excluding hydrogens is 1360 g/mol. The van der Waals surface area contributed by atoms with E-state index in [0.717, 1.165) is 28.2 Å². The number of hydrogen-bond donors (Lipinski definition) is 7. The minimum absolute atomic E-state index is 0.0440. The van der Waals surface area contributed by atoms with Crippen molar-refractivity contribution in [3.8, 4) is 11.5 Å². The Balaban J connectivity index is 0.000000216. The molecule has 0 spiro atoms. The number of aliphatic hydroxyl groups excluding tert-OH is 1. The molecule has 0 saturated carbocycles. The van der Waals surface area contributed by atoms with Crippen LogP contribution in [-0.2, 0) is 84.9 Å². The molecule has 10 atom stereocenters. The number of nitrogens with two attached hydrogens (primary N) is 2. The predicted octanol–water partition coefficient (Wildman–Crippen LogP) is 8.15. The first kappa shape index (κ1) is 74.3. The van der Waals surface area contributed by atoms with Crippen LogP contribution in [0.1, 0.15) is 83.0 Å². The van der Waals surface area contributed by atoms with Crippen LogP contribution in [0.3, 0.4) is 0 Å². The smallest absolute Gasteiger partial charge is 0.386 e. The quantitative estimate of drug-likeness (QED) is 0.00944. The fraction of sp³-hybridized carbons (Fsp3) is 0.443. The Morgan fingerprint density at radius 3 is 2.20 bits per heavy atom. The molecule has 1 saturated heterocycles. The summed E-state index contributed by atoms with van der Waals surface area (Å²) in [6.07, 6.45) is -0.481. The summed E-state index contributed by atoms with van der Waals surface area (Å²) in [7, 11) is 1.87. The zero-order valence-electron chi connectivity index (χ0n) is 54.6. The van der Waals surface area contributed by atoms with Crippen molar-refractivity contribution >= 4 is 85.5 Å². The van der Waals surface area contributed by atoms with Gasteiger partial charge in [-0.25, -0.2) is 49.7 Å². The number of imidazole rings is 3. The maximum absolute atomic E-state index is 15.9. The third-order valence-corrected chi connectivity index (χ3v) is 20.6. The molecule has 0 aliphatic carbocycles. The molecule has 30 nitrogen and oxygen atoms in total. The molecule has 520 valence electrons. The average Bonchev–Trinajstić information content (AvgIpc) is 1.75. The van der Waals surface area contributed by atoms with Gasteiger partial charge in [0.2, 0.25) is 18.3 Å². The van der Waals surface area contributed by atoms with Gasteiger partial charge in [0.05, 0.1) is 70.9 Å². The number of fused-ring (bicyclic) bond motifs is 7. The number of halogens is 1. The first-order chi connectivity index (χ1) is 46.4. The largest absolute Gasteiger partial charge is 0.497 e. The van der Waals surface area contributed by atoms with Gasteiger partial charge in [0.1, 0.15) is 66.8 Å². The molecule has 11 rings (SSSR count). The summed E-state index contributed by atoms with van der Waals surface area (Å²) in [5.41, 5.74) is 13.9. The molecule has 3 unspecified atom stereocenters. The van der Waals surface area contributed by atoms with Gasteiger partial charge in [-0.05, 0) is 101 Å². The molecule has 1 fully saturated rings. The lowest BCUT2D eigenvalue weighted by Crippen LogP contribution is -2.43. The Hall–Kier alpha value is -6.89. The van der Waals surface area contributed by atoms with Crippen LogP contribution in [0, 0.1) is 6.57 Å². The van der Waals surface area contributed by atoms with E-state index < -0.39 is 70.5 Å². The number of nitrogens with zero attached hydrogens (tertiary/aromatic N) is 12. The summed E-state index contributed by atoms with van der Waals surface area (Å²) in [5.74, 6) is 2.32. The van der Waals surface area contributed by atoms with Crippen LogP contribution in [0.25, 0.3) is 38.3 Å². The Labute approximate surface area is 570 Å². The highest BCUT2D eigenvalue weighted by atomic mass is 32.7. The van der Waals surface area contributed by atoms with Crippen LogP contribution in [0.5, 0.6) is 11.5 Å². The van der Waals surface area contributed by atoms with Gasteiger partial charge in [0, 0.05) is 18.6 Å². The lowest BCUT2D eigenvalue weighted by atomic mass is 9.80. The Morgan fingerprint density at radius 2 is 1.57 bits per heavy atom. The van der Waals surface area contributed by atoms with Crippen LogP contribution in [0.15, 0.2) is 115 Å². The van der Waals surface area contributed by atoms with Crippen molar-refractivity contribution in [2.45, 2.75) is 135 Å². The summed E-state index contributed by atoms with van der Waals surface area (Å²) in [6.45, 7) is 13.6. The highest BCUT2D eigenvalue weighted by Gasteiger charge is 2.51. The lowest BCUT2D eigenvalue weighted by Gasteiger charge is -2.37. The second kappa shape index (κ2) is 33.3. The minimum Gasteiger partial charge on any atom is -0.497 e. The number of hydrogen-bond acceptors (Lipinski definition) is 24. The Kier molecular flexibility index (Phi) is 25.5. The summed E-state index contributed by atoms with van der Waals surface area (Å²) in [6, 6.07) is 26.5. The number of nitrogen functional groups attached to an aromatic ring is 1. The van der Waals surface area contributed by atoms with E-state index in [0.29, 0.717) is 53.7 Å². The van der Waals surface area contributed by atoms with Gasteiger partial charge in [-0.3, -0.25) is 37.4 Å². The second-order valence-corrected chi connectivity index (χ2v) is 30.0. The third kappa shape index (κ3) is 18.1. The van der Waals surface area contributed by atoms with Crippen molar-refractivity contribution < 1.29 is 69.6 Å². The van der Waals surface area contributed by atoms with E-state index in [2.05, 4.69) is 101 Å². The van der Waals surface area contributed by atoms with Gasteiger partial charge < -0.3 is 58.9 Å². The van der Waals surface area contributed by atoms with E-state index in [9.17, 15) is 14.3 Å². The summed E-state index contributed by atoms with van der Waals surface area (Å²) in [4.78, 5) is 62.4. The number of alkyl halides is 1. The summed E-state index contributed by atoms with van der Waals surface area (Å²) in [5, 5.41) is 8.24. The first-order valence-electron chi connectivity index (χ1n) is 30.7. The van der Waals surface area contributed by atoms with Crippen molar-refractivity contribution in [2.24, 2.45) is 5.73 Å². The number of rotatable bonds is 20. The number of anilines is 1. The van der Waals surface area contributed by atoms with Gasteiger partial charge in [0.25, 0.3) is 14.1 Å². The molecule has 2 aliphatic heterocycles. The minimum atomic E-state index is -4.16. The van der Waals surface area contributed by atoms with Crippen molar-refractivity contribution in [3.05, 3.63) is 160 Å². The zero-order valence-corrected chi connectivity index (χ0v) is 59.0.